The van der Waals surface area contributed by atoms with Crippen LogP contribution in [0.2, 0.25) is 0 Å². The lowest BCUT2D eigenvalue weighted by Crippen LogP contribution is -2.02. The van der Waals surface area contributed by atoms with Crippen molar-refractivity contribution in [2.75, 3.05) is 19.0 Å². The highest BCUT2D eigenvalue weighted by Gasteiger charge is 1.98. The summed E-state index contributed by atoms with van der Waals surface area (Å²) < 4.78 is 5.09. The number of halogens is 1. The lowest BCUT2D eigenvalue weighted by Gasteiger charge is -2.09. The van der Waals surface area contributed by atoms with Crippen molar-refractivity contribution < 1.29 is 4.74 Å². The highest BCUT2D eigenvalue weighted by atomic mass is 35.5. The molecule has 0 unspecified atom stereocenters. The molecule has 1 N–H and O–H groups in total. The van der Waals surface area contributed by atoms with Crippen LogP contribution in [-0.2, 0) is 11.3 Å². The highest BCUT2D eigenvalue weighted by molar-refractivity contribution is 6.25. The smallest absolute Gasteiger partial charge is 0.0733 e. The molecule has 0 heterocycles. The number of hydrogen-bond donors (Lipinski definition) is 1. The molecule has 0 aliphatic carbocycles. The van der Waals surface area contributed by atoms with Crippen molar-refractivity contribution in [3.8, 4) is 0 Å². The van der Waals surface area contributed by atoms with Crippen molar-refractivity contribution in [1.82, 2.24) is 0 Å². The maximum absolute atomic E-state index is 5.42. The van der Waals surface area contributed by atoms with Crippen LogP contribution >= 0.6 is 11.6 Å². The van der Waals surface area contributed by atoms with E-state index in [4.69, 9.17) is 16.3 Å². The molecule has 0 amide bonds. The molecule has 0 radical (unpaired) electrons. The van der Waals surface area contributed by atoms with Gasteiger partial charge in [-0.05, 0) is 6.07 Å². The van der Waals surface area contributed by atoms with E-state index in [0.29, 0.717) is 6.61 Å². The summed E-state index contributed by atoms with van der Waals surface area (Å²) in [6, 6.07) is 8.05. The quantitative estimate of drug-likeness (QED) is 0.809. The summed E-state index contributed by atoms with van der Waals surface area (Å²) in [7, 11) is 1.69. The molecule has 76 valence electrons. The molecule has 1 aromatic rings. The summed E-state index contributed by atoms with van der Waals surface area (Å²) in [5.41, 5.74) is 3.74. The normalized spacial score (nSPS) is 10.7. The van der Waals surface area contributed by atoms with Crippen LogP contribution in [0.15, 0.2) is 35.9 Å². The van der Waals surface area contributed by atoms with E-state index in [9.17, 15) is 0 Å². The Balaban J connectivity index is 2.63. The van der Waals surface area contributed by atoms with Crippen molar-refractivity contribution in [3.63, 3.8) is 0 Å². The van der Waals surface area contributed by atoms with Gasteiger partial charge in [0.2, 0.25) is 0 Å². The lowest BCUT2D eigenvalue weighted by atomic mass is 10.2. The molecule has 0 atom stereocenters. The summed E-state index contributed by atoms with van der Waals surface area (Å²) in [6.07, 6.45) is 1.85. The Morgan fingerprint density at radius 3 is 2.93 bits per heavy atom. The van der Waals surface area contributed by atoms with Crippen LogP contribution in [0.1, 0.15) is 5.56 Å². The molecule has 3 heteroatoms. The molecular formula is C11H14ClNO. The number of methoxy groups -OCH3 is 1. The lowest BCUT2D eigenvalue weighted by molar-refractivity contribution is 0.185. The number of ether oxygens (including phenoxy) is 1. The van der Waals surface area contributed by atoms with E-state index in [1.165, 1.54) is 5.54 Å². The summed E-state index contributed by atoms with van der Waals surface area (Å²) in [6.45, 7) is 1.35. The van der Waals surface area contributed by atoms with Gasteiger partial charge >= 0.3 is 0 Å². The number of para-hydroxylation sites is 1. The molecule has 0 spiro atoms. The minimum Gasteiger partial charge on any atom is -0.381 e. The maximum atomic E-state index is 5.42. The molecule has 1 rings (SSSR count). The molecule has 2 nitrogen and oxygen atoms in total. The number of benzene rings is 1. The topological polar surface area (TPSA) is 21.3 Å². The van der Waals surface area contributed by atoms with Crippen molar-refractivity contribution >= 4 is 17.3 Å². The van der Waals surface area contributed by atoms with Gasteiger partial charge in [0.15, 0.2) is 0 Å². The second-order valence-electron chi connectivity index (χ2n) is 2.83. The monoisotopic (exact) mass is 211 g/mol. The van der Waals surface area contributed by atoms with Gasteiger partial charge in [0.1, 0.15) is 0 Å². The van der Waals surface area contributed by atoms with Gasteiger partial charge in [0, 0.05) is 30.4 Å². The van der Waals surface area contributed by atoms with Crippen LogP contribution in [0.5, 0.6) is 0 Å². The number of anilines is 1. The largest absolute Gasteiger partial charge is 0.381 e. The van der Waals surface area contributed by atoms with Crippen molar-refractivity contribution in [3.05, 3.63) is 41.4 Å². The molecule has 0 saturated carbocycles. The third-order valence-electron chi connectivity index (χ3n) is 1.82. The van der Waals surface area contributed by atoms with Gasteiger partial charge < -0.3 is 10.1 Å². The van der Waals surface area contributed by atoms with E-state index >= 15 is 0 Å². The van der Waals surface area contributed by atoms with Gasteiger partial charge in [-0.15, -0.1) is 0 Å². The van der Waals surface area contributed by atoms with Crippen molar-refractivity contribution in [1.29, 1.82) is 0 Å². The van der Waals surface area contributed by atoms with E-state index in [2.05, 4.69) is 5.32 Å². The van der Waals surface area contributed by atoms with Crippen molar-refractivity contribution in [2.24, 2.45) is 0 Å². The van der Waals surface area contributed by atoms with Gasteiger partial charge in [-0.25, -0.2) is 0 Å². The first-order valence-electron chi connectivity index (χ1n) is 4.44. The van der Waals surface area contributed by atoms with Gasteiger partial charge in [0.25, 0.3) is 0 Å². The zero-order chi connectivity index (χ0) is 10.2. The molecule has 0 saturated heterocycles. The van der Waals surface area contributed by atoms with Crippen LogP contribution in [-0.4, -0.2) is 13.7 Å². The fourth-order valence-electron chi connectivity index (χ4n) is 1.19. The zero-order valence-corrected chi connectivity index (χ0v) is 8.92. The fourth-order valence-corrected chi connectivity index (χ4v) is 1.28. The second-order valence-corrected chi connectivity index (χ2v) is 3.08. The molecule has 0 aromatic heterocycles. The summed E-state index contributed by atoms with van der Waals surface area (Å²) >= 11 is 5.42. The Kier molecular flexibility index (Phi) is 5.12. The molecule has 0 fully saturated rings. The minimum absolute atomic E-state index is 0.619. The third kappa shape index (κ3) is 3.40. The number of nitrogens with one attached hydrogen (secondary N) is 1. The Hall–Kier alpha value is -0.990. The SMILES string of the molecule is COCc1ccccc1NC/C=C/Cl. The highest BCUT2D eigenvalue weighted by Crippen LogP contribution is 2.15. The van der Waals surface area contributed by atoms with Crippen LogP contribution in [0.25, 0.3) is 0 Å². The van der Waals surface area contributed by atoms with Gasteiger partial charge in [-0.2, -0.15) is 0 Å². The van der Waals surface area contributed by atoms with Gasteiger partial charge in [-0.3, -0.25) is 0 Å². The molecule has 1 aromatic carbocycles. The average molecular weight is 212 g/mol. The van der Waals surface area contributed by atoms with E-state index in [0.717, 1.165) is 17.8 Å². The molecule has 0 aliphatic heterocycles. The average Bonchev–Trinajstić information content (AvgIpc) is 2.21. The van der Waals surface area contributed by atoms with Crippen molar-refractivity contribution in [2.45, 2.75) is 6.61 Å². The van der Waals surface area contributed by atoms with Crippen LogP contribution in [0.3, 0.4) is 0 Å². The van der Waals surface area contributed by atoms with E-state index in [1.807, 2.05) is 30.3 Å². The van der Waals surface area contributed by atoms with E-state index < -0.39 is 0 Å². The fraction of sp³-hybridized carbons (Fsp3) is 0.273. The Bertz CT molecular complexity index is 299. The first-order valence-corrected chi connectivity index (χ1v) is 4.88. The predicted molar refractivity (Wildman–Crippen MR) is 60.6 cm³/mol. The molecule has 0 aliphatic rings. The van der Waals surface area contributed by atoms with Crippen LogP contribution in [0, 0.1) is 0 Å². The maximum Gasteiger partial charge on any atom is 0.0733 e. The minimum atomic E-state index is 0.619. The predicted octanol–water partition coefficient (Wildman–Crippen LogP) is 3.00. The van der Waals surface area contributed by atoms with Gasteiger partial charge in [0.05, 0.1) is 6.61 Å². The first kappa shape index (κ1) is 11.1. The van der Waals surface area contributed by atoms with E-state index in [-0.39, 0.29) is 0 Å². The third-order valence-corrected chi connectivity index (χ3v) is 1.99. The Labute approximate surface area is 89.5 Å². The second kappa shape index (κ2) is 6.46. The summed E-state index contributed by atoms with van der Waals surface area (Å²) in [5.74, 6) is 0. The summed E-state index contributed by atoms with van der Waals surface area (Å²) in [4.78, 5) is 0. The molecule has 0 bridgehead atoms. The Morgan fingerprint density at radius 2 is 2.21 bits per heavy atom. The zero-order valence-electron chi connectivity index (χ0n) is 8.16. The number of rotatable bonds is 5. The van der Waals surface area contributed by atoms with Crippen LogP contribution < -0.4 is 5.32 Å². The van der Waals surface area contributed by atoms with Gasteiger partial charge in [-0.1, -0.05) is 35.9 Å². The van der Waals surface area contributed by atoms with E-state index in [1.54, 1.807) is 7.11 Å². The number of hydrogen-bond acceptors (Lipinski definition) is 2. The molecule has 14 heavy (non-hydrogen) atoms. The first-order chi connectivity index (χ1) is 6.88. The molecular weight excluding hydrogens is 198 g/mol. The summed E-state index contributed by atoms with van der Waals surface area (Å²) in [5, 5.41) is 3.25. The Morgan fingerprint density at radius 1 is 1.43 bits per heavy atom. The standard InChI is InChI=1S/C11H14ClNO/c1-14-9-10-5-2-3-6-11(10)13-8-4-7-12/h2-7,13H,8-9H2,1H3/b7-4+. The van der Waals surface area contributed by atoms with Crippen LogP contribution in [0.4, 0.5) is 5.69 Å².